The second kappa shape index (κ2) is 3.71. The highest BCUT2D eigenvalue weighted by Crippen LogP contribution is 2.31. The van der Waals surface area contributed by atoms with Gasteiger partial charge < -0.3 is 0 Å². The number of rotatable bonds is 1. The average Bonchev–Trinajstić information content (AvgIpc) is 2.55. The molecule has 0 aliphatic rings. The molecule has 0 aliphatic carbocycles. The lowest BCUT2D eigenvalue weighted by Crippen LogP contribution is -1.80. The fraction of sp³-hybridized carbons (Fsp3) is 0.111. The number of nitrogens with zero attached hydrogens (tertiary/aromatic N) is 1. The van der Waals surface area contributed by atoms with Crippen LogP contribution in [0.15, 0.2) is 24.4 Å². The molecule has 0 bridgehead atoms. The number of aromatic nitrogens is 1. The molecule has 0 amide bonds. The van der Waals surface area contributed by atoms with E-state index in [4.69, 9.17) is 11.6 Å². The van der Waals surface area contributed by atoms with E-state index in [1.807, 2.05) is 19.2 Å². The van der Waals surface area contributed by atoms with Gasteiger partial charge in [-0.3, -0.25) is 3.97 Å². The quantitative estimate of drug-likeness (QED) is 0.702. The molecular formula is C9H7ClINS. The number of hydrogen-bond donors (Lipinski definition) is 0. The number of halogens is 2. The molecule has 4 heteroatoms. The highest BCUT2D eigenvalue weighted by molar-refractivity contribution is 14.2. The zero-order valence-corrected chi connectivity index (χ0v) is 10.7. The zero-order chi connectivity index (χ0) is 9.42. The summed E-state index contributed by atoms with van der Waals surface area (Å²) >= 11 is 8.43. The van der Waals surface area contributed by atoms with Crippen molar-refractivity contribution in [3.8, 4) is 0 Å². The number of fused-ring (bicyclic) bond motifs is 1. The van der Waals surface area contributed by atoms with E-state index in [1.54, 1.807) is 9.12 Å². The summed E-state index contributed by atoms with van der Waals surface area (Å²) in [6.07, 6.45) is 2.03. The van der Waals surface area contributed by atoms with Crippen molar-refractivity contribution in [2.75, 3.05) is 0 Å². The lowest BCUT2D eigenvalue weighted by atomic mass is 10.2. The molecule has 13 heavy (non-hydrogen) atoms. The van der Waals surface area contributed by atoms with E-state index in [0.29, 0.717) is 0 Å². The van der Waals surface area contributed by atoms with Crippen molar-refractivity contribution in [1.82, 2.24) is 3.97 Å². The third kappa shape index (κ3) is 1.57. The minimum atomic E-state index is 0.863. The summed E-state index contributed by atoms with van der Waals surface area (Å²) in [4.78, 5) is 0. The van der Waals surface area contributed by atoms with E-state index in [-0.39, 0.29) is 0 Å². The Hall–Kier alpha value is 0.130. The normalized spacial score (nSPS) is 11.0. The van der Waals surface area contributed by atoms with Gasteiger partial charge in [-0.05, 0) is 24.6 Å². The fourth-order valence-corrected chi connectivity index (χ4v) is 2.92. The Bertz CT molecular complexity index is 452. The second-order valence-corrected chi connectivity index (χ2v) is 4.93. The van der Waals surface area contributed by atoms with Gasteiger partial charge in [0.05, 0.1) is 10.5 Å². The first-order valence-corrected chi connectivity index (χ1v) is 7.48. The Morgan fingerprint density at radius 3 is 2.85 bits per heavy atom. The topological polar surface area (TPSA) is 4.93 Å². The van der Waals surface area contributed by atoms with Gasteiger partial charge in [0.1, 0.15) is 0 Å². The van der Waals surface area contributed by atoms with Crippen LogP contribution in [-0.2, 0) is 0 Å². The summed E-state index contributed by atoms with van der Waals surface area (Å²) in [5.74, 6) is 0. The largest absolute Gasteiger partial charge is 0.282 e. The lowest BCUT2D eigenvalue weighted by Gasteiger charge is -2.01. The summed E-state index contributed by atoms with van der Waals surface area (Å²) in [7, 11) is 1.65. The molecule has 0 saturated carbocycles. The van der Waals surface area contributed by atoms with Crippen molar-refractivity contribution in [2.45, 2.75) is 6.92 Å². The van der Waals surface area contributed by atoms with Gasteiger partial charge in [0.2, 0.25) is 0 Å². The summed E-state index contributed by atoms with van der Waals surface area (Å²) in [6.45, 7) is 2.02. The van der Waals surface area contributed by atoms with E-state index < -0.39 is 0 Å². The van der Waals surface area contributed by atoms with Crippen LogP contribution in [0.5, 0.6) is 0 Å². The van der Waals surface area contributed by atoms with E-state index in [9.17, 15) is 0 Å². The molecule has 2 rings (SSSR count). The van der Waals surface area contributed by atoms with Crippen LogP contribution in [0.4, 0.5) is 0 Å². The van der Waals surface area contributed by atoms with Gasteiger partial charge in [0, 0.05) is 41.9 Å². The lowest BCUT2D eigenvalue weighted by molar-refractivity contribution is 1.36. The van der Waals surface area contributed by atoms with E-state index in [0.717, 1.165) is 16.0 Å². The molecule has 1 aromatic carbocycles. The Labute approximate surface area is 98.2 Å². The van der Waals surface area contributed by atoms with Crippen LogP contribution in [0.25, 0.3) is 10.9 Å². The first-order chi connectivity index (χ1) is 6.24. The molecule has 0 unspecified atom stereocenters. The highest BCUT2D eigenvalue weighted by atomic mass is 127. The molecule has 0 N–H and O–H groups in total. The van der Waals surface area contributed by atoms with E-state index in [1.165, 1.54) is 5.52 Å². The van der Waals surface area contributed by atoms with Crippen molar-refractivity contribution < 1.29 is 0 Å². The third-order valence-corrected chi connectivity index (χ3v) is 4.28. The molecule has 1 heterocycles. The van der Waals surface area contributed by atoms with Gasteiger partial charge in [0.15, 0.2) is 0 Å². The van der Waals surface area contributed by atoms with Gasteiger partial charge in [-0.2, -0.15) is 0 Å². The van der Waals surface area contributed by atoms with E-state index >= 15 is 0 Å². The number of benzene rings is 1. The minimum absolute atomic E-state index is 0.863. The molecule has 1 aromatic heterocycles. The van der Waals surface area contributed by atoms with Crippen molar-refractivity contribution in [2.24, 2.45) is 0 Å². The van der Waals surface area contributed by atoms with Crippen LogP contribution in [0.1, 0.15) is 5.56 Å². The maximum absolute atomic E-state index is 6.17. The summed E-state index contributed by atoms with van der Waals surface area (Å²) < 4.78 is 2.10. The third-order valence-electron chi connectivity index (χ3n) is 2.04. The van der Waals surface area contributed by atoms with Crippen LogP contribution in [0, 0.1) is 6.92 Å². The number of hydrogen-bond acceptors (Lipinski definition) is 1. The molecule has 0 radical (unpaired) electrons. The van der Waals surface area contributed by atoms with Gasteiger partial charge >= 0.3 is 0 Å². The standard InChI is InChI=1S/C9H7ClINS/c1-6-2-3-8-7(9(6)10)4-5-12(8)13-11/h2-5H,1H3. The molecule has 0 fully saturated rings. The first kappa shape index (κ1) is 9.68. The van der Waals surface area contributed by atoms with Crippen LogP contribution in [0.2, 0.25) is 5.02 Å². The second-order valence-electron chi connectivity index (χ2n) is 2.84. The summed E-state index contributed by atoms with van der Waals surface area (Å²) in [5.41, 5.74) is 2.31. The van der Waals surface area contributed by atoms with Crippen molar-refractivity contribution in [3.63, 3.8) is 0 Å². The molecular weight excluding hydrogens is 317 g/mol. The first-order valence-electron chi connectivity index (χ1n) is 3.79. The summed E-state index contributed by atoms with van der Waals surface area (Å²) in [6, 6.07) is 6.20. The number of aryl methyl sites for hydroxylation is 1. The highest BCUT2D eigenvalue weighted by Gasteiger charge is 2.05. The smallest absolute Gasteiger partial charge is 0.0613 e. The van der Waals surface area contributed by atoms with Gasteiger partial charge in [-0.1, -0.05) is 17.7 Å². The molecule has 0 spiro atoms. The van der Waals surface area contributed by atoms with Gasteiger partial charge in [0.25, 0.3) is 0 Å². The predicted octanol–water partition coefficient (Wildman–Crippen LogP) is 4.45. The molecule has 0 aliphatic heterocycles. The van der Waals surface area contributed by atoms with Crippen LogP contribution >= 0.6 is 41.9 Å². The van der Waals surface area contributed by atoms with E-state index in [2.05, 4.69) is 37.3 Å². The Balaban J connectivity index is 2.81. The Kier molecular flexibility index (Phi) is 2.76. The Morgan fingerprint density at radius 1 is 1.38 bits per heavy atom. The fourth-order valence-electron chi connectivity index (χ4n) is 1.33. The molecule has 0 atom stereocenters. The predicted molar refractivity (Wildman–Crippen MR) is 68.7 cm³/mol. The van der Waals surface area contributed by atoms with Crippen LogP contribution in [0.3, 0.4) is 0 Å². The summed E-state index contributed by atoms with van der Waals surface area (Å²) in [5, 5.41) is 1.99. The van der Waals surface area contributed by atoms with Gasteiger partial charge in [-0.25, -0.2) is 0 Å². The average molecular weight is 324 g/mol. The maximum Gasteiger partial charge on any atom is 0.0613 e. The van der Waals surface area contributed by atoms with Crippen molar-refractivity contribution in [1.29, 1.82) is 0 Å². The van der Waals surface area contributed by atoms with Crippen LogP contribution in [-0.4, -0.2) is 3.97 Å². The minimum Gasteiger partial charge on any atom is -0.282 e. The SMILES string of the molecule is Cc1ccc2c(ccn2SI)c1Cl. The molecule has 2 aromatic rings. The monoisotopic (exact) mass is 323 g/mol. The molecule has 0 saturated heterocycles. The van der Waals surface area contributed by atoms with Crippen molar-refractivity contribution in [3.05, 3.63) is 35.0 Å². The molecule has 68 valence electrons. The van der Waals surface area contributed by atoms with Crippen LogP contribution < -0.4 is 0 Å². The van der Waals surface area contributed by atoms with Crippen molar-refractivity contribution >= 4 is 52.8 Å². The maximum atomic E-state index is 6.17. The molecule has 1 nitrogen and oxygen atoms in total. The Morgan fingerprint density at radius 2 is 2.15 bits per heavy atom. The zero-order valence-electron chi connectivity index (χ0n) is 6.92. The van der Waals surface area contributed by atoms with Gasteiger partial charge in [-0.15, -0.1) is 0 Å².